The van der Waals surface area contributed by atoms with Crippen LogP contribution in [0.1, 0.15) is 5.56 Å². The Morgan fingerprint density at radius 1 is 0.897 bits per heavy atom. The topological polar surface area (TPSA) is 86.1 Å². The van der Waals surface area contributed by atoms with Crippen LogP contribution in [0.4, 0.5) is 5.69 Å². The Morgan fingerprint density at radius 3 is 2.31 bits per heavy atom. The third kappa shape index (κ3) is 4.44. The van der Waals surface area contributed by atoms with Crippen molar-refractivity contribution in [1.29, 1.82) is 0 Å². The van der Waals surface area contributed by atoms with Crippen LogP contribution in [0.25, 0.3) is 5.82 Å². The smallest absolute Gasteiger partial charge is 0.261 e. The Balaban J connectivity index is 1.44. The van der Waals surface area contributed by atoms with Gasteiger partial charge >= 0.3 is 0 Å². The molecule has 8 heteroatoms. The van der Waals surface area contributed by atoms with Crippen LogP contribution >= 0.6 is 0 Å². The number of benzene rings is 2. The lowest BCUT2D eigenvalue weighted by Crippen LogP contribution is -2.12. The summed E-state index contributed by atoms with van der Waals surface area (Å²) in [6.45, 7) is 1.85. The Labute approximate surface area is 168 Å². The van der Waals surface area contributed by atoms with Gasteiger partial charge in [-0.3, -0.25) is 4.72 Å². The summed E-state index contributed by atoms with van der Waals surface area (Å²) in [6, 6.07) is 20.6. The van der Waals surface area contributed by atoms with Gasteiger partial charge in [-0.1, -0.05) is 12.1 Å². The van der Waals surface area contributed by atoms with Gasteiger partial charge in [-0.25, -0.2) is 8.42 Å². The highest BCUT2D eigenvalue weighted by molar-refractivity contribution is 7.92. The fourth-order valence-corrected chi connectivity index (χ4v) is 3.86. The van der Waals surface area contributed by atoms with Gasteiger partial charge in [0.2, 0.25) is 5.88 Å². The molecule has 0 aliphatic carbocycles. The highest BCUT2D eigenvalue weighted by atomic mass is 32.2. The molecule has 29 heavy (non-hydrogen) atoms. The van der Waals surface area contributed by atoms with Gasteiger partial charge in [-0.2, -0.15) is 0 Å². The third-order valence-corrected chi connectivity index (χ3v) is 5.50. The lowest BCUT2D eigenvalue weighted by Gasteiger charge is -2.10. The summed E-state index contributed by atoms with van der Waals surface area (Å²) in [6.07, 6.45) is 3.75. The molecule has 1 N–H and O–H groups in total. The van der Waals surface area contributed by atoms with Gasteiger partial charge < -0.3 is 9.30 Å². The van der Waals surface area contributed by atoms with Crippen molar-refractivity contribution >= 4 is 15.7 Å². The highest BCUT2D eigenvalue weighted by Crippen LogP contribution is 2.23. The van der Waals surface area contributed by atoms with E-state index in [-0.39, 0.29) is 4.90 Å². The number of rotatable bonds is 6. The minimum Gasteiger partial charge on any atom is -0.438 e. The Bertz CT molecular complexity index is 1200. The van der Waals surface area contributed by atoms with E-state index < -0.39 is 10.0 Å². The predicted octanol–water partition coefficient (Wildman–Crippen LogP) is 4.17. The summed E-state index contributed by atoms with van der Waals surface area (Å²) in [5.41, 5.74) is 1.31. The summed E-state index contributed by atoms with van der Waals surface area (Å²) in [5, 5.41) is 8.18. The molecule has 0 unspecified atom stereocenters. The van der Waals surface area contributed by atoms with Crippen LogP contribution in [0.5, 0.6) is 11.6 Å². The number of aromatic nitrogens is 3. The first-order valence-corrected chi connectivity index (χ1v) is 10.3. The van der Waals surface area contributed by atoms with Gasteiger partial charge in [0, 0.05) is 24.1 Å². The molecule has 0 fully saturated rings. The SMILES string of the molecule is Cc1cccc(S(=O)(=O)Nc2ccc(Oc3ccc(-n4cccc4)nn3)cc2)c1. The Morgan fingerprint density at radius 2 is 1.66 bits per heavy atom. The van der Waals surface area contributed by atoms with Crippen LogP contribution in [-0.4, -0.2) is 23.2 Å². The van der Waals surface area contributed by atoms with Crippen LogP contribution in [-0.2, 0) is 10.0 Å². The Hall–Kier alpha value is -3.65. The second kappa shape index (κ2) is 7.76. The zero-order valence-corrected chi connectivity index (χ0v) is 16.4. The molecule has 0 atom stereocenters. The maximum Gasteiger partial charge on any atom is 0.261 e. The van der Waals surface area contributed by atoms with Crippen LogP contribution < -0.4 is 9.46 Å². The largest absolute Gasteiger partial charge is 0.438 e. The van der Waals surface area contributed by atoms with E-state index in [1.807, 2.05) is 42.1 Å². The monoisotopic (exact) mass is 406 g/mol. The maximum atomic E-state index is 12.5. The first-order chi connectivity index (χ1) is 14.0. The highest BCUT2D eigenvalue weighted by Gasteiger charge is 2.14. The van der Waals surface area contributed by atoms with E-state index >= 15 is 0 Å². The number of ether oxygens (including phenoxy) is 1. The van der Waals surface area contributed by atoms with E-state index in [9.17, 15) is 8.42 Å². The zero-order chi connectivity index (χ0) is 20.3. The standard InChI is InChI=1S/C21H18N4O3S/c1-16-5-4-6-19(15-16)29(26,27)24-17-7-9-18(10-8-17)28-21-12-11-20(22-23-21)25-13-2-3-14-25/h2-15,24H,1H3. The molecule has 2 heterocycles. The van der Waals surface area contributed by atoms with Crippen molar-refractivity contribution in [3.63, 3.8) is 0 Å². The average Bonchev–Trinajstić information content (AvgIpc) is 3.25. The van der Waals surface area contributed by atoms with Crippen molar-refractivity contribution in [2.45, 2.75) is 11.8 Å². The molecule has 146 valence electrons. The summed E-state index contributed by atoms with van der Waals surface area (Å²) in [5.74, 6) is 1.55. The van der Waals surface area contributed by atoms with Gasteiger partial charge in [-0.15, -0.1) is 10.2 Å². The lowest BCUT2D eigenvalue weighted by atomic mass is 10.2. The van der Waals surface area contributed by atoms with Gasteiger partial charge in [0.25, 0.3) is 10.0 Å². The fraction of sp³-hybridized carbons (Fsp3) is 0.0476. The van der Waals surface area contributed by atoms with E-state index in [1.54, 1.807) is 54.6 Å². The van der Waals surface area contributed by atoms with Gasteiger partial charge in [-0.05, 0) is 67.1 Å². The molecule has 0 saturated carbocycles. The van der Waals surface area contributed by atoms with E-state index in [4.69, 9.17) is 4.74 Å². The van der Waals surface area contributed by atoms with Crippen molar-refractivity contribution in [2.24, 2.45) is 0 Å². The Kier molecular flexibility index (Phi) is 5.01. The molecular formula is C21H18N4O3S. The molecule has 0 radical (unpaired) electrons. The number of sulfonamides is 1. The first kappa shape index (κ1) is 18.7. The molecule has 0 amide bonds. The van der Waals surface area contributed by atoms with Crippen molar-refractivity contribution < 1.29 is 13.2 Å². The van der Waals surface area contributed by atoms with Crippen molar-refractivity contribution in [2.75, 3.05) is 4.72 Å². The molecule has 2 aromatic heterocycles. The second-order valence-corrected chi connectivity index (χ2v) is 8.05. The number of nitrogens with zero attached hydrogens (tertiary/aromatic N) is 3. The van der Waals surface area contributed by atoms with E-state index in [0.717, 1.165) is 5.56 Å². The van der Waals surface area contributed by atoms with Crippen molar-refractivity contribution in [3.05, 3.63) is 90.8 Å². The molecule has 0 aliphatic heterocycles. The van der Waals surface area contributed by atoms with Crippen LogP contribution in [0.3, 0.4) is 0 Å². The van der Waals surface area contributed by atoms with Crippen molar-refractivity contribution in [1.82, 2.24) is 14.8 Å². The maximum absolute atomic E-state index is 12.5. The molecule has 0 spiro atoms. The summed E-state index contributed by atoms with van der Waals surface area (Å²) < 4.78 is 35.1. The quantitative estimate of drug-likeness (QED) is 0.519. The minimum absolute atomic E-state index is 0.218. The van der Waals surface area contributed by atoms with Gasteiger partial charge in [0.1, 0.15) is 5.75 Å². The van der Waals surface area contributed by atoms with Crippen molar-refractivity contribution in [3.8, 4) is 17.4 Å². The number of hydrogen-bond acceptors (Lipinski definition) is 5. The van der Waals surface area contributed by atoms with E-state index in [1.165, 1.54) is 0 Å². The molecule has 7 nitrogen and oxygen atoms in total. The minimum atomic E-state index is -3.65. The summed E-state index contributed by atoms with van der Waals surface area (Å²) in [4.78, 5) is 0.218. The molecule has 4 rings (SSSR count). The summed E-state index contributed by atoms with van der Waals surface area (Å²) >= 11 is 0. The predicted molar refractivity (Wildman–Crippen MR) is 110 cm³/mol. The molecule has 4 aromatic rings. The molecule has 0 saturated heterocycles. The molecule has 2 aromatic carbocycles. The van der Waals surface area contributed by atoms with Crippen LogP contribution in [0, 0.1) is 6.92 Å². The normalized spacial score (nSPS) is 11.2. The van der Waals surface area contributed by atoms with E-state index in [0.29, 0.717) is 23.1 Å². The lowest BCUT2D eigenvalue weighted by molar-refractivity contribution is 0.454. The van der Waals surface area contributed by atoms with E-state index in [2.05, 4.69) is 14.9 Å². The first-order valence-electron chi connectivity index (χ1n) is 8.84. The fourth-order valence-electron chi connectivity index (χ4n) is 2.70. The number of aryl methyl sites for hydroxylation is 1. The van der Waals surface area contributed by atoms with Gasteiger partial charge in [0.05, 0.1) is 4.90 Å². The van der Waals surface area contributed by atoms with Crippen LogP contribution in [0.15, 0.2) is 90.1 Å². The molecular weight excluding hydrogens is 388 g/mol. The molecule has 0 bridgehead atoms. The van der Waals surface area contributed by atoms with Crippen LogP contribution in [0.2, 0.25) is 0 Å². The molecule has 0 aliphatic rings. The average molecular weight is 406 g/mol. The number of nitrogens with one attached hydrogen (secondary N) is 1. The third-order valence-electron chi connectivity index (χ3n) is 4.12. The summed E-state index contributed by atoms with van der Waals surface area (Å²) in [7, 11) is -3.65. The second-order valence-electron chi connectivity index (χ2n) is 6.37. The number of hydrogen-bond donors (Lipinski definition) is 1. The number of anilines is 1. The zero-order valence-electron chi connectivity index (χ0n) is 15.6. The van der Waals surface area contributed by atoms with Gasteiger partial charge in [0.15, 0.2) is 5.82 Å².